The summed E-state index contributed by atoms with van der Waals surface area (Å²) >= 11 is 0. The minimum atomic E-state index is -4.70. The van der Waals surface area contributed by atoms with Crippen LogP contribution in [0.15, 0.2) is 23.1 Å². The summed E-state index contributed by atoms with van der Waals surface area (Å²) in [6.07, 6.45) is 0. The Hall–Kier alpha value is -1.30. The highest BCUT2D eigenvalue weighted by Gasteiger charge is 2.15. The van der Waals surface area contributed by atoms with Crippen LogP contribution >= 0.6 is 0 Å². The van der Waals surface area contributed by atoms with E-state index in [1.807, 2.05) is 0 Å². The van der Waals surface area contributed by atoms with Crippen LogP contribution in [0.1, 0.15) is 6.92 Å². The fourth-order valence-electron chi connectivity index (χ4n) is 1.07. The van der Waals surface area contributed by atoms with Gasteiger partial charge in [-0.3, -0.25) is 0 Å². The Morgan fingerprint density at radius 1 is 1.33 bits per heavy atom. The van der Waals surface area contributed by atoms with Gasteiger partial charge in [0.05, 0.1) is 13.7 Å². The van der Waals surface area contributed by atoms with Crippen LogP contribution in [0, 0.1) is 0 Å². The summed E-state index contributed by atoms with van der Waals surface area (Å²) < 4.78 is 43.9. The van der Waals surface area contributed by atoms with Crippen molar-refractivity contribution in [3.63, 3.8) is 0 Å². The third-order valence-electron chi connectivity index (χ3n) is 1.72. The molecule has 0 fully saturated rings. The highest BCUT2D eigenvalue weighted by molar-refractivity contribution is 7.86. The van der Waals surface area contributed by atoms with Gasteiger partial charge in [0, 0.05) is 6.07 Å². The first-order valence-corrected chi connectivity index (χ1v) is 5.63. The van der Waals surface area contributed by atoms with Gasteiger partial charge in [0.2, 0.25) is 0 Å². The van der Waals surface area contributed by atoms with Crippen molar-refractivity contribution in [3.8, 4) is 11.5 Å². The molecule has 0 bridgehead atoms. The summed E-state index contributed by atoms with van der Waals surface area (Å²) in [5.74, 6) is 0.572. The first-order valence-electron chi connectivity index (χ1n) is 4.24. The second kappa shape index (κ2) is 4.48. The van der Waals surface area contributed by atoms with E-state index < -0.39 is 15.1 Å². The van der Waals surface area contributed by atoms with Crippen molar-refractivity contribution in [2.24, 2.45) is 0 Å². The third kappa shape index (κ3) is 2.82. The summed E-state index contributed by atoms with van der Waals surface area (Å²) in [6.45, 7) is 2.19. The molecule has 0 heterocycles. The summed E-state index contributed by atoms with van der Waals surface area (Å²) in [5, 5.41) is 0. The normalized spacial score (nSPS) is 11.1. The predicted molar refractivity (Wildman–Crippen MR) is 52.5 cm³/mol. The fraction of sp³-hybridized carbons (Fsp3) is 0.333. The summed E-state index contributed by atoms with van der Waals surface area (Å²) in [5.41, 5.74) is 0. The molecule has 0 atom stereocenters. The van der Waals surface area contributed by atoms with Crippen molar-refractivity contribution < 1.29 is 21.8 Å². The van der Waals surface area contributed by atoms with Crippen molar-refractivity contribution in [1.82, 2.24) is 0 Å². The molecule has 0 saturated carbocycles. The molecule has 4 nitrogen and oxygen atoms in total. The van der Waals surface area contributed by atoms with E-state index in [0.717, 1.165) is 12.1 Å². The molecule has 0 aromatic heterocycles. The van der Waals surface area contributed by atoms with Gasteiger partial charge in [-0.25, -0.2) is 0 Å². The molecule has 0 saturated heterocycles. The van der Waals surface area contributed by atoms with Crippen molar-refractivity contribution in [1.29, 1.82) is 0 Å². The first-order chi connectivity index (χ1) is 6.99. The maximum atomic E-state index is 12.6. The summed E-state index contributed by atoms with van der Waals surface area (Å²) in [6, 6.07) is 3.57. The van der Waals surface area contributed by atoms with Crippen molar-refractivity contribution >= 4 is 10.2 Å². The molecule has 1 aromatic carbocycles. The molecule has 84 valence electrons. The van der Waals surface area contributed by atoms with Gasteiger partial charge in [-0.15, -0.1) is 3.89 Å². The molecule has 0 amide bonds. The van der Waals surface area contributed by atoms with E-state index in [4.69, 9.17) is 9.47 Å². The highest BCUT2D eigenvalue weighted by atomic mass is 32.3. The van der Waals surface area contributed by atoms with Crippen LogP contribution in [0.2, 0.25) is 0 Å². The molecule has 15 heavy (non-hydrogen) atoms. The van der Waals surface area contributed by atoms with E-state index in [-0.39, 0.29) is 5.75 Å². The van der Waals surface area contributed by atoms with Crippen LogP contribution in [-0.4, -0.2) is 22.1 Å². The van der Waals surface area contributed by atoms with Crippen LogP contribution in [0.25, 0.3) is 0 Å². The van der Waals surface area contributed by atoms with Crippen LogP contribution in [0.4, 0.5) is 3.89 Å². The molecule has 0 unspecified atom stereocenters. The van der Waals surface area contributed by atoms with Crippen LogP contribution in [0.3, 0.4) is 0 Å². The Morgan fingerprint density at radius 2 is 2.00 bits per heavy atom. The van der Waals surface area contributed by atoms with Gasteiger partial charge in [-0.2, -0.15) is 8.42 Å². The number of rotatable bonds is 4. The lowest BCUT2D eigenvalue weighted by atomic mass is 10.3. The Bertz CT molecular complexity index is 441. The fourth-order valence-corrected chi connectivity index (χ4v) is 1.55. The van der Waals surface area contributed by atoms with Gasteiger partial charge in [0.15, 0.2) is 11.5 Å². The topological polar surface area (TPSA) is 52.6 Å². The van der Waals surface area contributed by atoms with E-state index in [2.05, 4.69) is 0 Å². The van der Waals surface area contributed by atoms with Crippen LogP contribution < -0.4 is 9.47 Å². The average Bonchev–Trinajstić information content (AvgIpc) is 2.17. The average molecular weight is 234 g/mol. The van der Waals surface area contributed by atoms with Crippen molar-refractivity contribution in [2.75, 3.05) is 13.7 Å². The second-order valence-electron chi connectivity index (χ2n) is 2.68. The third-order valence-corrected chi connectivity index (χ3v) is 2.53. The smallest absolute Gasteiger partial charge is 0.332 e. The number of halogens is 1. The standard InChI is InChI=1S/C9H11FO4S/c1-3-14-8-5-4-7(15(10,11)12)6-9(8)13-2/h4-6H,3H2,1-2H3. The van der Waals surface area contributed by atoms with E-state index in [0.29, 0.717) is 12.4 Å². The predicted octanol–water partition coefficient (Wildman–Crippen LogP) is 1.75. The molecule has 1 aromatic rings. The van der Waals surface area contributed by atoms with Gasteiger partial charge in [0.1, 0.15) is 4.90 Å². The molecule has 0 aliphatic heterocycles. The summed E-state index contributed by atoms with van der Waals surface area (Å²) in [7, 11) is -3.35. The Morgan fingerprint density at radius 3 is 2.47 bits per heavy atom. The zero-order chi connectivity index (χ0) is 11.5. The lowest BCUT2D eigenvalue weighted by Crippen LogP contribution is -1.98. The zero-order valence-electron chi connectivity index (χ0n) is 8.36. The SMILES string of the molecule is CCOc1ccc(S(=O)(=O)F)cc1OC. The Kier molecular flexibility index (Phi) is 3.52. The lowest BCUT2D eigenvalue weighted by molar-refractivity contribution is 0.310. The van der Waals surface area contributed by atoms with Crippen LogP contribution in [0.5, 0.6) is 11.5 Å². The Balaban J connectivity index is 3.19. The van der Waals surface area contributed by atoms with Gasteiger partial charge in [-0.05, 0) is 19.1 Å². The highest BCUT2D eigenvalue weighted by Crippen LogP contribution is 2.30. The number of methoxy groups -OCH3 is 1. The molecule has 1 rings (SSSR count). The van der Waals surface area contributed by atoms with E-state index in [1.165, 1.54) is 13.2 Å². The van der Waals surface area contributed by atoms with E-state index in [1.54, 1.807) is 6.92 Å². The number of hydrogen-bond acceptors (Lipinski definition) is 4. The maximum absolute atomic E-state index is 12.6. The van der Waals surface area contributed by atoms with Gasteiger partial charge < -0.3 is 9.47 Å². The molecule has 0 aliphatic carbocycles. The number of hydrogen-bond donors (Lipinski definition) is 0. The number of benzene rings is 1. The molecule has 0 N–H and O–H groups in total. The van der Waals surface area contributed by atoms with Crippen molar-refractivity contribution in [2.45, 2.75) is 11.8 Å². The zero-order valence-corrected chi connectivity index (χ0v) is 9.17. The molecular formula is C9H11FO4S. The van der Waals surface area contributed by atoms with E-state index in [9.17, 15) is 12.3 Å². The van der Waals surface area contributed by atoms with Gasteiger partial charge >= 0.3 is 10.2 Å². The lowest BCUT2D eigenvalue weighted by Gasteiger charge is -2.09. The Labute approximate surface area is 87.8 Å². The minimum absolute atomic E-state index is 0.190. The maximum Gasteiger partial charge on any atom is 0.332 e. The summed E-state index contributed by atoms with van der Waals surface area (Å²) in [4.78, 5) is -0.442. The monoisotopic (exact) mass is 234 g/mol. The van der Waals surface area contributed by atoms with Crippen LogP contribution in [-0.2, 0) is 10.2 Å². The van der Waals surface area contributed by atoms with Gasteiger partial charge in [-0.1, -0.05) is 0 Å². The largest absolute Gasteiger partial charge is 0.493 e. The van der Waals surface area contributed by atoms with Crippen molar-refractivity contribution in [3.05, 3.63) is 18.2 Å². The molecular weight excluding hydrogens is 223 g/mol. The molecule has 0 radical (unpaired) electrons. The minimum Gasteiger partial charge on any atom is -0.493 e. The molecule has 6 heteroatoms. The quantitative estimate of drug-likeness (QED) is 0.745. The number of ether oxygens (including phenoxy) is 2. The first kappa shape index (κ1) is 11.8. The second-order valence-corrected chi connectivity index (χ2v) is 4.03. The molecule has 0 spiro atoms. The van der Waals surface area contributed by atoms with E-state index >= 15 is 0 Å². The molecule has 0 aliphatic rings. The van der Waals surface area contributed by atoms with Gasteiger partial charge in [0.25, 0.3) is 0 Å².